The second kappa shape index (κ2) is 11.4. The van der Waals surface area contributed by atoms with Gasteiger partial charge in [0.2, 0.25) is 0 Å². The van der Waals surface area contributed by atoms with Gasteiger partial charge in [0.1, 0.15) is 0 Å². The van der Waals surface area contributed by atoms with E-state index in [0.717, 1.165) is 45.0 Å². The third kappa shape index (κ3) is 5.59. The number of imidazole rings is 2. The molecule has 8 heteroatoms. The molecule has 0 unspecified atom stereocenters. The van der Waals surface area contributed by atoms with Crippen molar-refractivity contribution in [1.29, 1.82) is 0 Å². The Bertz CT molecular complexity index is 1460. The van der Waals surface area contributed by atoms with E-state index in [0.29, 0.717) is 11.6 Å². The number of benzene rings is 4. The number of aromatic nitrogens is 4. The van der Waals surface area contributed by atoms with E-state index in [1.165, 1.54) is 14.3 Å². The first-order valence-electron chi connectivity index (χ1n) is 11.7. The third-order valence-electron chi connectivity index (χ3n) is 6.13. The molecule has 0 radical (unpaired) electrons. The molecule has 0 saturated heterocycles. The first-order valence-corrected chi connectivity index (χ1v) is 16.0. The molecule has 2 heterocycles. The van der Waals surface area contributed by atoms with Gasteiger partial charge in [0.25, 0.3) is 0 Å². The first-order chi connectivity index (χ1) is 18.4. The summed E-state index contributed by atoms with van der Waals surface area (Å²) in [5.74, 6) is 1.41. The highest BCUT2D eigenvalue weighted by molar-refractivity contribution is 14.1. The van der Waals surface area contributed by atoms with E-state index in [1.807, 2.05) is 0 Å². The fourth-order valence-corrected chi connectivity index (χ4v) is 5.69. The van der Waals surface area contributed by atoms with Gasteiger partial charge in [-0.1, -0.05) is 48.5 Å². The van der Waals surface area contributed by atoms with E-state index in [-0.39, 0.29) is 0 Å². The number of hydrogen-bond acceptors (Lipinski definition) is 2. The van der Waals surface area contributed by atoms with Gasteiger partial charge >= 0.3 is 0 Å². The van der Waals surface area contributed by atoms with Gasteiger partial charge in [0.05, 0.1) is 22.8 Å². The summed E-state index contributed by atoms with van der Waals surface area (Å²) in [5.41, 5.74) is 8.04. The monoisotopic (exact) mass is 942 g/mol. The average molecular weight is 942 g/mol. The Kier molecular flexibility index (Phi) is 7.91. The van der Waals surface area contributed by atoms with Crippen molar-refractivity contribution >= 4 is 90.4 Å². The highest BCUT2D eigenvalue weighted by Crippen LogP contribution is 2.36. The van der Waals surface area contributed by atoms with Crippen molar-refractivity contribution in [3.8, 4) is 56.7 Å². The van der Waals surface area contributed by atoms with Crippen LogP contribution in [0, 0.1) is 14.3 Å². The summed E-state index contributed by atoms with van der Waals surface area (Å²) in [7, 11) is 0. The Morgan fingerprint density at radius 1 is 0.368 bits per heavy atom. The second-order valence-corrected chi connectivity index (χ2v) is 13.6. The summed E-state index contributed by atoms with van der Waals surface area (Å²) in [6, 6.07) is 33.9. The molecule has 0 saturated carbocycles. The van der Waals surface area contributed by atoms with Crippen molar-refractivity contribution in [2.24, 2.45) is 0 Å². The SMILES string of the molecule is Ic1ccc(-c2nc(-c3nc(-c4ccc(I)cc4)c(-c4ccc(I)cc4)[nH]3)[nH]c2-c2ccc(I)cc2)cc1. The van der Waals surface area contributed by atoms with Crippen LogP contribution in [0.1, 0.15) is 0 Å². The van der Waals surface area contributed by atoms with Gasteiger partial charge in [-0.15, -0.1) is 0 Å². The van der Waals surface area contributed by atoms with Crippen LogP contribution in [0.4, 0.5) is 0 Å². The minimum atomic E-state index is 0.704. The van der Waals surface area contributed by atoms with E-state index in [1.54, 1.807) is 0 Å². The fourth-order valence-electron chi connectivity index (χ4n) is 4.25. The number of halogens is 4. The molecule has 186 valence electrons. The predicted octanol–water partition coefficient (Wildman–Crippen LogP) is 9.89. The molecule has 4 nitrogen and oxygen atoms in total. The first kappa shape index (κ1) is 26.4. The largest absolute Gasteiger partial charge is 0.335 e. The molecule has 0 spiro atoms. The van der Waals surface area contributed by atoms with Crippen LogP contribution in [0.15, 0.2) is 97.1 Å². The van der Waals surface area contributed by atoms with Crippen LogP contribution in [0.2, 0.25) is 0 Å². The molecule has 0 bridgehead atoms. The quantitative estimate of drug-likeness (QED) is 0.169. The minimum Gasteiger partial charge on any atom is -0.335 e. The highest BCUT2D eigenvalue weighted by atomic mass is 127. The van der Waals surface area contributed by atoms with Crippen LogP contribution >= 0.6 is 90.4 Å². The van der Waals surface area contributed by atoms with E-state index >= 15 is 0 Å². The zero-order valence-corrected chi connectivity index (χ0v) is 28.3. The number of rotatable bonds is 5. The summed E-state index contributed by atoms with van der Waals surface area (Å²) in [6.07, 6.45) is 0. The molecule has 4 aromatic carbocycles. The van der Waals surface area contributed by atoms with Gasteiger partial charge < -0.3 is 9.97 Å². The smallest absolute Gasteiger partial charge is 0.174 e. The Hall–Kier alpha value is -1.78. The molecule has 2 aromatic heterocycles. The summed E-state index contributed by atoms with van der Waals surface area (Å²) < 4.78 is 4.76. The van der Waals surface area contributed by atoms with Crippen molar-refractivity contribution in [2.75, 3.05) is 0 Å². The van der Waals surface area contributed by atoms with Crippen molar-refractivity contribution < 1.29 is 0 Å². The molecule has 0 aliphatic rings. The van der Waals surface area contributed by atoms with Gasteiger partial charge in [-0.05, 0) is 139 Å². The number of nitrogens with one attached hydrogen (secondary N) is 2. The van der Waals surface area contributed by atoms with Crippen LogP contribution in [0.3, 0.4) is 0 Å². The number of aromatic amines is 2. The van der Waals surface area contributed by atoms with Crippen molar-refractivity contribution in [1.82, 2.24) is 19.9 Å². The Balaban J connectivity index is 1.53. The Morgan fingerprint density at radius 2 is 0.632 bits per heavy atom. The number of hydrogen-bond donors (Lipinski definition) is 2. The van der Waals surface area contributed by atoms with E-state index in [2.05, 4.69) is 197 Å². The average Bonchev–Trinajstić information content (AvgIpc) is 3.56. The summed E-state index contributed by atoms with van der Waals surface area (Å²) in [5, 5.41) is 0. The summed E-state index contributed by atoms with van der Waals surface area (Å²) in [6.45, 7) is 0. The van der Waals surface area contributed by atoms with Crippen molar-refractivity contribution in [2.45, 2.75) is 0 Å². The van der Waals surface area contributed by atoms with E-state index in [9.17, 15) is 0 Å². The molecule has 2 N–H and O–H groups in total. The molecule has 0 aliphatic carbocycles. The third-order valence-corrected chi connectivity index (χ3v) is 9.01. The molecular formula is C30H18I4N4. The summed E-state index contributed by atoms with van der Waals surface area (Å²) >= 11 is 9.33. The lowest BCUT2D eigenvalue weighted by atomic mass is 10.1. The minimum absolute atomic E-state index is 0.704. The summed E-state index contributed by atoms with van der Waals surface area (Å²) in [4.78, 5) is 17.4. The van der Waals surface area contributed by atoms with Crippen LogP contribution in [-0.4, -0.2) is 19.9 Å². The van der Waals surface area contributed by atoms with Gasteiger partial charge in [0.15, 0.2) is 11.6 Å². The molecule has 0 fully saturated rings. The highest BCUT2D eigenvalue weighted by Gasteiger charge is 2.21. The predicted molar refractivity (Wildman–Crippen MR) is 189 cm³/mol. The molecule has 0 aliphatic heterocycles. The molecule has 38 heavy (non-hydrogen) atoms. The molecule has 6 aromatic rings. The molecule has 6 rings (SSSR count). The molecular weight excluding hydrogens is 924 g/mol. The van der Waals surface area contributed by atoms with Crippen LogP contribution in [0.5, 0.6) is 0 Å². The lowest BCUT2D eigenvalue weighted by Gasteiger charge is -2.04. The topological polar surface area (TPSA) is 57.4 Å². The van der Waals surface area contributed by atoms with Gasteiger partial charge in [0, 0.05) is 36.5 Å². The fraction of sp³-hybridized carbons (Fsp3) is 0. The van der Waals surface area contributed by atoms with Crippen molar-refractivity contribution in [3.05, 3.63) is 111 Å². The number of H-pyrrole nitrogens is 2. The zero-order chi connectivity index (χ0) is 26.2. The normalized spacial score (nSPS) is 11.2. The van der Waals surface area contributed by atoms with Gasteiger partial charge in [-0.3, -0.25) is 0 Å². The Morgan fingerprint density at radius 3 is 0.921 bits per heavy atom. The van der Waals surface area contributed by atoms with Gasteiger partial charge in [-0.2, -0.15) is 0 Å². The lowest BCUT2D eigenvalue weighted by molar-refractivity contribution is 1.20. The molecule has 0 atom stereocenters. The van der Waals surface area contributed by atoms with Crippen molar-refractivity contribution in [3.63, 3.8) is 0 Å². The standard InChI is InChI=1S/C30H18I4N4/c31-21-9-1-17(2-10-21)25-26(18-3-11-22(32)12-4-18)36-29(35-25)30-37-27(19-5-13-23(33)14-6-19)28(38-30)20-7-15-24(34)16-8-20/h1-16H,(H,35,36)(H,37,38). The maximum Gasteiger partial charge on any atom is 0.174 e. The maximum atomic E-state index is 5.09. The lowest BCUT2D eigenvalue weighted by Crippen LogP contribution is -1.84. The van der Waals surface area contributed by atoms with Gasteiger partial charge in [-0.25, -0.2) is 9.97 Å². The second-order valence-electron chi connectivity index (χ2n) is 8.65. The molecule has 0 amide bonds. The van der Waals surface area contributed by atoms with E-state index in [4.69, 9.17) is 9.97 Å². The zero-order valence-electron chi connectivity index (χ0n) is 19.6. The Labute approximate surface area is 275 Å². The van der Waals surface area contributed by atoms with Crippen LogP contribution < -0.4 is 0 Å². The number of nitrogens with zero attached hydrogens (tertiary/aromatic N) is 2. The van der Waals surface area contributed by atoms with Crippen LogP contribution in [0.25, 0.3) is 56.7 Å². The van der Waals surface area contributed by atoms with Crippen LogP contribution in [-0.2, 0) is 0 Å². The van der Waals surface area contributed by atoms with E-state index < -0.39 is 0 Å². The maximum absolute atomic E-state index is 5.09.